The second-order valence-electron chi connectivity index (χ2n) is 7.69. The average molecular weight is 464 g/mol. The lowest BCUT2D eigenvalue weighted by Gasteiger charge is -2.32. The molecule has 9 heteroatoms. The number of sulfonamides is 1. The molecule has 174 valence electrons. The number of rotatable bonds is 9. The molecule has 0 aliphatic heterocycles. The van der Waals surface area contributed by atoms with Crippen LogP contribution >= 0.6 is 0 Å². The van der Waals surface area contributed by atoms with Gasteiger partial charge in [-0.25, -0.2) is 12.8 Å². The van der Waals surface area contributed by atoms with Crippen molar-refractivity contribution in [2.75, 3.05) is 23.7 Å². The van der Waals surface area contributed by atoms with Crippen LogP contribution in [0.2, 0.25) is 0 Å². The maximum Gasteiger partial charge on any atom is 0.244 e. The SMILES string of the molecule is CCNC(=O)C(C)N(Cc1ccccc1F)C(=O)CN(c1c(C)cccc1C)S(C)(=O)=O. The molecule has 0 aliphatic rings. The molecule has 1 atom stereocenters. The number of hydrogen-bond donors (Lipinski definition) is 1. The third-order valence-electron chi connectivity index (χ3n) is 5.18. The number of likely N-dealkylation sites (N-methyl/N-ethyl adjacent to an activating group) is 1. The van der Waals surface area contributed by atoms with Gasteiger partial charge in [-0.3, -0.25) is 13.9 Å². The van der Waals surface area contributed by atoms with E-state index in [1.165, 1.54) is 30.0 Å². The number of amides is 2. The molecule has 0 radical (unpaired) electrons. The molecule has 32 heavy (non-hydrogen) atoms. The second-order valence-corrected chi connectivity index (χ2v) is 9.60. The molecule has 1 N–H and O–H groups in total. The topological polar surface area (TPSA) is 86.8 Å². The molecule has 2 aromatic rings. The predicted octanol–water partition coefficient (Wildman–Crippen LogP) is 2.76. The van der Waals surface area contributed by atoms with Crippen LogP contribution < -0.4 is 9.62 Å². The summed E-state index contributed by atoms with van der Waals surface area (Å²) in [6.07, 6.45) is 1.03. The fourth-order valence-corrected chi connectivity index (χ4v) is 4.45. The quantitative estimate of drug-likeness (QED) is 0.620. The second kappa shape index (κ2) is 10.6. The van der Waals surface area contributed by atoms with E-state index < -0.39 is 40.2 Å². The predicted molar refractivity (Wildman–Crippen MR) is 123 cm³/mol. The minimum atomic E-state index is -3.82. The molecule has 2 rings (SSSR count). The minimum absolute atomic E-state index is 0.172. The molecule has 7 nitrogen and oxygen atoms in total. The summed E-state index contributed by atoms with van der Waals surface area (Å²) in [4.78, 5) is 27.1. The van der Waals surface area contributed by atoms with Gasteiger partial charge in [0, 0.05) is 18.7 Å². The van der Waals surface area contributed by atoms with E-state index in [1.54, 1.807) is 45.0 Å². The van der Waals surface area contributed by atoms with Gasteiger partial charge in [-0.05, 0) is 44.9 Å². The van der Waals surface area contributed by atoms with E-state index in [9.17, 15) is 22.4 Å². The molecule has 0 spiro atoms. The number of nitrogens with one attached hydrogen (secondary N) is 1. The Labute approximate surface area is 189 Å². The highest BCUT2D eigenvalue weighted by atomic mass is 32.2. The van der Waals surface area contributed by atoms with Crippen LogP contribution in [0.15, 0.2) is 42.5 Å². The Morgan fingerprint density at radius 2 is 1.66 bits per heavy atom. The van der Waals surface area contributed by atoms with Gasteiger partial charge in [0.25, 0.3) is 0 Å². The molecule has 2 amide bonds. The number of aryl methyl sites for hydroxylation is 2. The fraction of sp³-hybridized carbons (Fsp3) is 0.391. The van der Waals surface area contributed by atoms with Gasteiger partial charge in [-0.2, -0.15) is 0 Å². The molecule has 0 aromatic heterocycles. The van der Waals surface area contributed by atoms with Crippen LogP contribution in [0.1, 0.15) is 30.5 Å². The lowest BCUT2D eigenvalue weighted by atomic mass is 10.1. The summed E-state index contributed by atoms with van der Waals surface area (Å²) in [6, 6.07) is 10.4. The third-order valence-corrected chi connectivity index (χ3v) is 6.30. The highest BCUT2D eigenvalue weighted by molar-refractivity contribution is 7.92. The van der Waals surface area contributed by atoms with Gasteiger partial charge < -0.3 is 10.2 Å². The van der Waals surface area contributed by atoms with Crippen molar-refractivity contribution in [1.29, 1.82) is 0 Å². The van der Waals surface area contributed by atoms with Crippen molar-refractivity contribution < 1.29 is 22.4 Å². The first-order valence-corrected chi connectivity index (χ1v) is 12.2. The van der Waals surface area contributed by atoms with E-state index in [0.717, 1.165) is 10.6 Å². The number of hydrogen-bond acceptors (Lipinski definition) is 4. The van der Waals surface area contributed by atoms with Crippen molar-refractivity contribution in [3.05, 3.63) is 65.0 Å². The van der Waals surface area contributed by atoms with E-state index in [2.05, 4.69) is 5.32 Å². The lowest BCUT2D eigenvalue weighted by molar-refractivity contribution is -0.139. The molecule has 0 aliphatic carbocycles. The number of carbonyl (C=O) groups excluding carboxylic acids is 2. The normalized spacial score (nSPS) is 12.2. The van der Waals surface area contributed by atoms with Crippen molar-refractivity contribution in [2.45, 2.75) is 40.3 Å². The van der Waals surface area contributed by atoms with Gasteiger partial charge in [0.1, 0.15) is 18.4 Å². The summed E-state index contributed by atoms with van der Waals surface area (Å²) in [7, 11) is -3.82. The Balaban J connectivity index is 2.46. The zero-order chi connectivity index (χ0) is 24.1. The maximum atomic E-state index is 14.3. The Morgan fingerprint density at radius 3 is 2.19 bits per heavy atom. The van der Waals surface area contributed by atoms with Gasteiger partial charge in [-0.1, -0.05) is 36.4 Å². The Kier molecular flexibility index (Phi) is 8.38. The van der Waals surface area contributed by atoms with Crippen LogP contribution in [0.25, 0.3) is 0 Å². The van der Waals surface area contributed by atoms with Gasteiger partial charge in [0.15, 0.2) is 0 Å². The molecule has 1 unspecified atom stereocenters. The molecule has 0 fully saturated rings. The minimum Gasteiger partial charge on any atom is -0.355 e. The van der Waals surface area contributed by atoms with Crippen molar-refractivity contribution in [3.8, 4) is 0 Å². The van der Waals surface area contributed by atoms with Crippen molar-refractivity contribution >= 4 is 27.5 Å². The van der Waals surface area contributed by atoms with Crippen molar-refractivity contribution in [3.63, 3.8) is 0 Å². The van der Waals surface area contributed by atoms with E-state index >= 15 is 0 Å². The van der Waals surface area contributed by atoms with Gasteiger partial charge in [0.2, 0.25) is 21.8 Å². The summed E-state index contributed by atoms with van der Waals surface area (Å²) >= 11 is 0. The average Bonchev–Trinajstić information content (AvgIpc) is 2.71. The number of carbonyl (C=O) groups is 2. The van der Waals surface area contributed by atoms with E-state index in [-0.39, 0.29) is 12.1 Å². The first-order chi connectivity index (χ1) is 15.0. The Hall–Kier alpha value is -2.94. The molecule has 0 heterocycles. The monoisotopic (exact) mass is 463 g/mol. The zero-order valence-electron chi connectivity index (χ0n) is 19.1. The molecular weight excluding hydrogens is 433 g/mol. The number of nitrogens with zero attached hydrogens (tertiary/aromatic N) is 2. The van der Waals surface area contributed by atoms with E-state index in [0.29, 0.717) is 23.4 Å². The van der Waals surface area contributed by atoms with Crippen LogP contribution in [0.5, 0.6) is 0 Å². The molecule has 0 saturated carbocycles. The Morgan fingerprint density at radius 1 is 1.06 bits per heavy atom. The van der Waals surface area contributed by atoms with Crippen molar-refractivity contribution in [1.82, 2.24) is 10.2 Å². The van der Waals surface area contributed by atoms with Crippen LogP contribution in [0.3, 0.4) is 0 Å². The summed E-state index contributed by atoms with van der Waals surface area (Å²) < 4.78 is 40.6. The molecule has 0 saturated heterocycles. The summed E-state index contributed by atoms with van der Waals surface area (Å²) in [6.45, 7) is 6.49. The van der Waals surface area contributed by atoms with Crippen LogP contribution in [-0.4, -0.2) is 50.5 Å². The van der Waals surface area contributed by atoms with Crippen molar-refractivity contribution in [2.24, 2.45) is 0 Å². The lowest BCUT2D eigenvalue weighted by Crippen LogP contribution is -2.51. The van der Waals surface area contributed by atoms with E-state index in [4.69, 9.17) is 0 Å². The van der Waals surface area contributed by atoms with Crippen LogP contribution in [0, 0.1) is 19.7 Å². The molecule has 2 aromatic carbocycles. The van der Waals surface area contributed by atoms with Gasteiger partial charge >= 0.3 is 0 Å². The number of anilines is 1. The fourth-order valence-electron chi connectivity index (χ4n) is 3.49. The molecule has 0 bridgehead atoms. The Bertz CT molecular complexity index is 1070. The highest BCUT2D eigenvalue weighted by Crippen LogP contribution is 2.27. The third kappa shape index (κ3) is 6.06. The number of para-hydroxylation sites is 1. The van der Waals surface area contributed by atoms with Crippen LogP contribution in [0.4, 0.5) is 10.1 Å². The summed E-state index contributed by atoms with van der Waals surface area (Å²) in [5, 5.41) is 2.66. The first kappa shape index (κ1) is 25.3. The largest absolute Gasteiger partial charge is 0.355 e. The number of benzene rings is 2. The van der Waals surface area contributed by atoms with Gasteiger partial charge in [-0.15, -0.1) is 0 Å². The standard InChI is InChI=1S/C23H30FN3O4S/c1-6-25-23(29)18(4)26(14-19-12-7-8-13-20(19)24)21(28)15-27(32(5,30)31)22-16(2)10-9-11-17(22)3/h7-13,18H,6,14-15H2,1-5H3,(H,25,29). The first-order valence-electron chi connectivity index (χ1n) is 10.3. The highest BCUT2D eigenvalue weighted by Gasteiger charge is 2.31. The van der Waals surface area contributed by atoms with Crippen LogP contribution in [-0.2, 0) is 26.2 Å². The zero-order valence-corrected chi connectivity index (χ0v) is 19.9. The summed E-state index contributed by atoms with van der Waals surface area (Å²) in [5.74, 6) is -1.53. The van der Waals surface area contributed by atoms with E-state index in [1.807, 2.05) is 0 Å². The number of halogens is 1. The van der Waals surface area contributed by atoms with Gasteiger partial charge in [0.05, 0.1) is 11.9 Å². The summed E-state index contributed by atoms with van der Waals surface area (Å²) in [5.41, 5.74) is 2.04. The smallest absolute Gasteiger partial charge is 0.244 e. The molecular formula is C23H30FN3O4S. The maximum absolute atomic E-state index is 14.3.